The van der Waals surface area contributed by atoms with Crippen molar-refractivity contribution in [2.45, 2.75) is 65.5 Å². The number of hydrogen-bond donors (Lipinski definition) is 1. The Morgan fingerprint density at radius 3 is 2.52 bits per heavy atom. The van der Waals surface area contributed by atoms with Crippen LogP contribution in [0.1, 0.15) is 69.5 Å². The second kappa shape index (κ2) is 10.6. The molecule has 1 aliphatic heterocycles. The first-order chi connectivity index (χ1) is 15.6. The van der Waals surface area contributed by atoms with Crippen LogP contribution in [0.5, 0.6) is 5.75 Å². The predicted octanol–water partition coefficient (Wildman–Crippen LogP) is 5.21. The van der Waals surface area contributed by atoms with Gasteiger partial charge in [-0.2, -0.15) is 0 Å². The van der Waals surface area contributed by atoms with Crippen LogP contribution in [0.25, 0.3) is 0 Å². The zero-order valence-electron chi connectivity index (χ0n) is 20.7. The van der Waals surface area contributed by atoms with Gasteiger partial charge in [0.15, 0.2) is 0 Å². The highest BCUT2D eigenvalue weighted by atomic mass is 32.1. The third kappa shape index (κ3) is 6.08. The summed E-state index contributed by atoms with van der Waals surface area (Å²) < 4.78 is 6.16. The van der Waals surface area contributed by atoms with Crippen molar-refractivity contribution in [3.8, 4) is 5.75 Å². The highest BCUT2D eigenvalue weighted by Crippen LogP contribution is 2.34. The predicted molar refractivity (Wildman–Crippen MR) is 134 cm³/mol. The summed E-state index contributed by atoms with van der Waals surface area (Å²) in [6.45, 7) is 13.6. The van der Waals surface area contributed by atoms with Crippen LogP contribution in [0, 0.1) is 0 Å². The Bertz CT molecular complexity index is 946. The van der Waals surface area contributed by atoms with Gasteiger partial charge in [0.2, 0.25) is 5.91 Å². The Morgan fingerprint density at radius 2 is 1.91 bits per heavy atom. The summed E-state index contributed by atoms with van der Waals surface area (Å²) in [5, 5.41) is 4.92. The molecule has 3 amide bonds. The third-order valence-corrected chi connectivity index (χ3v) is 7.04. The molecule has 0 saturated heterocycles. The third-order valence-electron chi connectivity index (χ3n) is 6.05. The van der Waals surface area contributed by atoms with Gasteiger partial charge < -0.3 is 19.9 Å². The minimum Gasteiger partial charge on any atom is -0.491 e. The van der Waals surface area contributed by atoms with Crippen LogP contribution in [0.15, 0.2) is 35.7 Å². The number of ether oxygens (including phenoxy) is 1. The second-order valence-corrected chi connectivity index (χ2v) is 10.8. The maximum absolute atomic E-state index is 13.5. The molecule has 0 bridgehead atoms. The van der Waals surface area contributed by atoms with Crippen molar-refractivity contribution >= 4 is 23.3 Å². The largest absolute Gasteiger partial charge is 0.491 e. The van der Waals surface area contributed by atoms with Crippen molar-refractivity contribution in [1.82, 2.24) is 15.1 Å². The molecule has 0 spiro atoms. The van der Waals surface area contributed by atoms with Gasteiger partial charge in [0.25, 0.3) is 0 Å². The molecule has 0 aliphatic carbocycles. The molecule has 1 unspecified atom stereocenters. The first-order valence-electron chi connectivity index (χ1n) is 11.8. The number of nitrogens with one attached hydrogen (secondary N) is 1. The highest BCUT2D eigenvalue weighted by Gasteiger charge is 2.35. The minimum atomic E-state index is -0.470. The lowest BCUT2D eigenvalue weighted by Crippen LogP contribution is -2.55. The van der Waals surface area contributed by atoms with E-state index in [1.54, 1.807) is 16.2 Å². The SMILES string of the molecule is CCNC(=O)N(CC(=O)N1CCc2sccc2C1COc1ccc(C(C)C)cc1)C(C)(C)C. The number of carbonyl (C=O) groups excluding carboxylic acids is 2. The molecular formula is C26H37N3O3S. The van der Waals surface area contributed by atoms with E-state index in [0.29, 0.717) is 25.6 Å². The van der Waals surface area contributed by atoms with Gasteiger partial charge in [-0.3, -0.25) is 4.79 Å². The molecule has 0 fully saturated rings. The number of nitrogens with zero attached hydrogens (tertiary/aromatic N) is 2. The standard InChI is InChI=1S/C26H37N3O3S/c1-7-27-25(31)29(26(4,5)6)16-24(30)28-14-12-23-21(13-15-33-23)22(28)17-32-20-10-8-19(9-11-20)18(2)3/h8-11,13,15,18,22H,7,12,14,16-17H2,1-6H3,(H,27,31). The van der Waals surface area contributed by atoms with E-state index in [9.17, 15) is 9.59 Å². The van der Waals surface area contributed by atoms with Crippen molar-refractivity contribution in [1.29, 1.82) is 0 Å². The van der Waals surface area contributed by atoms with Crippen molar-refractivity contribution in [3.05, 3.63) is 51.7 Å². The molecule has 180 valence electrons. The van der Waals surface area contributed by atoms with E-state index in [1.165, 1.54) is 10.4 Å². The molecule has 2 heterocycles. The molecule has 3 rings (SSSR count). The van der Waals surface area contributed by atoms with Gasteiger partial charge in [0.05, 0.1) is 6.04 Å². The van der Waals surface area contributed by atoms with Gasteiger partial charge >= 0.3 is 6.03 Å². The van der Waals surface area contributed by atoms with E-state index in [1.807, 2.05) is 44.7 Å². The second-order valence-electron chi connectivity index (χ2n) is 9.78. The van der Waals surface area contributed by atoms with E-state index in [4.69, 9.17) is 4.74 Å². The van der Waals surface area contributed by atoms with E-state index in [2.05, 4.69) is 42.7 Å². The minimum absolute atomic E-state index is 0.0361. The fourth-order valence-electron chi connectivity index (χ4n) is 4.09. The van der Waals surface area contributed by atoms with E-state index in [-0.39, 0.29) is 24.5 Å². The maximum atomic E-state index is 13.5. The summed E-state index contributed by atoms with van der Waals surface area (Å²) in [7, 11) is 0. The van der Waals surface area contributed by atoms with Gasteiger partial charge in [-0.1, -0.05) is 26.0 Å². The van der Waals surface area contributed by atoms with E-state index >= 15 is 0 Å². The molecule has 1 N–H and O–H groups in total. The molecule has 2 aromatic rings. The van der Waals surface area contributed by atoms with E-state index < -0.39 is 5.54 Å². The van der Waals surface area contributed by atoms with Crippen LogP contribution in [-0.2, 0) is 11.2 Å². The number of fused-ring (bicyclic) bond motifs is 1. The van der Waals surface area contributed by atoms with Crippen LogP contribution in [-0.4, -0.2) is 53.5 Å². The van der Waals surface area contributed by atoms with Gasteiger partial charge in [0, 0.05) is 23.5 Å². The topological polar surface area (TPSA) is 61.9 Å². The van der Waals surface area contributed by atoms with Crippen molar-refractivity contribution in [2.24, 2.45) is 0 Å². The number of hydrogen-bond acceptors (Lipinski definition) is 4. The summed E-state index contributed by atoms with van der Waals surface area (Å²) >= 11 is 1.73. The maximum Gasteiger partial charge on any atom is 0.318 e. The van der Waals surface area contributed by atoms with Crippen LogP contribution in [0.2, 0.25) is 0 Å². The molecule has 1 aromatic carbocycles. The summed E-state index contributed by atoms with van der Waals surface area (Å²) in [6.07, 6.45) is 0.828. The average Bonchev–Trinajstić information content (AvgIpc) is 3.24. The Hall–Kier alpha value is -2.54. The Kier molecular flexibility index (Phi) is 8.05. The van der Waals surface area contributed by atoms with Crippen molar-refractivity contribution in [3.63, 3.8) is 0 Å². The van der Waals surface area contributed by atoms with Gasteiger partial charge in [-0.05, 0) is 74.7 Å². The molecule has 0 saturated carbocycles. The summed E-state index contributed by atoms with van der Waals surface area (Å²) in [4.78, 5) is 30.9. The monoisotopic (exact) mass is 471 g/mol. The summed E-state index contributed by atoms with van der Waals surface area (Å²) in [5.74, 6) is 1.21. The molecule has 1 atom stereocenters. The van der Waals surface area contributed by atoms with E-state index in [0.717, 1.165) is 17.7 Å². The number of thiophene rings is 1. The zero-order valence-corrected chi connectivity index (χ0v) is 21.5. The number of urea groups is 1. The molecule has 1 aromatic heterocycles. The quantitative estimate of drug-likeness (QED) is 0.603. The number of amides is 3. The Morgan fingerprint density at radius 1 is 1.21 bits per heavy atom. The fourth-order valence-corrected chi connectivity index (χ4v) is 5.01. The average molecular weight is 472 g/mol. The van der Waals surface area contributed by atoms with Crippen molar-refractivity contribution in [2.75, 3.05) is 26.2 Å². The molecule has 7 heteroatoms. The number of rotatable bonds is 7. The summed E-state index contributed by atoms with van der Waals surface area (Å²) in [6, 6.07) is 9.88. The first-order valence-corrected chi connectivity index (χ1v) is 12.6. The molecular weight excluding hydrogens is 434 g/mol. The highest BCUT2D eigenvalue weighted by molar-refractivity contribution is 7.10. The van der Waals surface area contributed by atoms with Crippen LogP contribution in [0.4, 0.5) is 4.79 Å². The van der Waals surface area contributed by atoms with Gasteiger partial charge in [-0.25, -0.2) is 4.79 Å². The van der Waals surface area contributed by atoms with Crippen LogP contribution < -0.4 is 10.1 Å². The Labute approximate surface area is 201 Å². The fraction of sp³-hybridized carbons (Fsp3) is 0.538. The molecule has 33 heavy (non-hydrogen) atoms. The summed E-state index contributed by atoms with van der Waals surface area (Å²) in [5.41, 5.74) is 1.95. The molecule has 0 radical (unpaired) electrons. The van der Waals surface area contributed by atoms with Crippen molar-refractivity contribution < 1.29 is 14.3 Å². The molecule has 1 aliphatic rings. The number of carbonyl (C=O) groups is 2. The smallest absolute Gasteiger partial charge is 0.318 e. The number of benzene rings is 1. The normalized spacial score (nSPS) is 15.8. The molecule has 6 nitrogen and oxygen atoms in total. The van der Waals surface area contributed by atoms with Crippen LogP contribution >= 0.6 is 11.3 Å². The Balaban J connectivity index is 1.77. The lowest BCUT2D eigenvalue weighted by Gasteiger charge is -2.40. The first kappa shape index (κ1) is 25.1. The lowest BCUT2D eigenvalue weighted by molar-refractivity contribution is -0.136. The zero-order chi connectivity index (χ0) is 24.2. The van der Waals surface area contributed by atoms with Gasteiger partial charge in [-0.15, -0.1) is 11.3 Å². The van der Waals surface area contributed by atoms with Gasteiger partial charge in [0.1, 0.15) is 18.9 Å². The lowest BCUT2D eigenvalue weighted by atomic mass is 10.00. The van der Waals surface area contributed by atoms with Crippen LogP contribution in [0.3, 0.4) is 0 Å².